The van der Waals surface area contributed by atoms with E-state index < -0.39 is 0 Å². The van der Waals surface area contributed by atoms with E-state index in [0.29, 0.717) is 52.7 Å². The van der Waals surface area contributed by atoms with Crippen LogP contribution in [-0.2, 0) is 33.3 Å². The van der Waals surface area contributed by atoms with Gasteiger partial charge in [0.2, 0.25) is 11.8 Å². The van der Waals surface area contributed by atoms with Crippen molar-refractivity contribution in [1.82, 2.24) is 10.6 Å². The van der Waals surface area contributed by atoms with Gasteiger partial charge in [-0.15, -0.1) is 0 Å². The van der Waals surface area contributed by atoms with E-state index >= 15 is 0 Å². The molecule has 0 aliphatic carbocycles. The fourth-order valence-corrected chi connectivity index (χ4v) is 1.43. The van der Waals surface area contributed by atoms with Crippen molar-refractivity contribution in [3.8, 4) is 0 Å². The highest BCUT2D eigenvalue weighted by atomic mass is 16.5. The molecule has 136 valence electrons. The predicted molar refractivity (Wildman–Crippen MR) is 82.2 cm³/mol. The Morgan fingerprint density at radius 3 is 1.35 bits per heavy atom. The van der Waals surface area contributed by atoms with Crippen LogP contribution in [0.4, 0.5) is 0 Å². The summed E-state index contributed by atoms with van der Waals surface area (Å²) in [7, 11) is 2.93. The van der Waals surface area contributed by atoms with Crippen molar-refractivity contribution < 1.29 is 33.3 Å². The first kappa shape index (κ1) is 21.7. The highest BCUT2D eigenvalue weighted by Gasteiger charge is 1.99. The van der Waals surface area contributed by atoms with Gasteiger partial charge in [-0.2, -0.15) is 0 Å². The van der Waals surface area contributed by atoms with E-state index in [0.717, 1.165) is 0 Å². The van der Waals surface area contributed by atoms with Gasteiger partial charge in [-0.25, -0.2) is 0 Å². The predicted octanol–water partition coefficient (Wildman–Crippen LogP) is -1.44. The number of ether oxygens (including phenoxy) is 5. The monoisotopic (exact) mass is 336 g/mol. The van der Waals surface area contributed by atoms with Crippen molar-refractivity contribution in [2.75, 3.05) is 80.2 Å². The molecule has 23 heavy (non-hydrogen) atoms. The van der Waals surface area contributed by atoms with Crippen LogP contribution in [-0.4, -0.2) is 92.0 Å². The van der Waals surface area contributed by atoms with Crippen molar-refractivity contribution >= 4 is 11.8 Å². The average molecular weight is 336 g/mol. The van der Waals surface area contributed by atoms with Crippen LogP contribution in [0, 0.1) is 0 Å². The molecule has 0 saturated heterocycles. The van der Waals surface area contributed by atoms with E-state index in [9.17, 15) is 9.59 Å². The molecule has 0 spiro atoms. The van der Waals surface area contributed by atoms with Gasteiger partial charge in [-0.3, -0.25) is 9.59 Å². The minimum Gasteiger partial charge on any atom is -0.377 e. The van der Waals surface area contributed by atoms with Gasteiger partial charge in [0.25, 0.3) is 0 Å². The van der Waals surface area contributed by atoms with Crippen molar-refractivity contribution in [2.24, 2.45) is 0 Å². The second-order valence-corrected chi connectivity index (χ2v) is 4.40. The lowest BCUT2D eigenvalue weighted by Crippen LogP contribution is -2.30. The third-order valence-corrected chi connectivity index (χ3v) is 2.43. The molecule has 0 aromatic heterocycles. The molecule has 9 nitrogen and oxygen atoms in total. The van der Waals surface area contributed by atoms with Crippen molar-refractivity contribution in [1.29, 1.82) is 0 Å². The van der Waals surface area contributed by atoms with E-state index in [2.05, 4.69) is 20.1 Å². The summed E-state index contributed by atoms with van der Waals surface area (Å²) >= 11 is 0. The lowest BCUT2D eigenvalue weighted by Gasteiger charge is -2.08. The van der Waals surface area contributed by atoms with E-state index in [1.807, 2.05) is 0 Å². The topological polar surface area (TPSA) is 104 Å². The fraction of sp³-hybridized carbons (Fsp3) is 0.857. The van der Waals surface area contributed by atoms with Gasteiger partial charge in [-0.05, 0) is 0 Å². The molecule has 0 aliphatic heterocycles. The number of carbonyl (C=O) groups is 2. The van der Waals surface area contributed by atoms with E-state index in [1.54, 1.807) is 0 Å². The second kappa shape index (κ2) is 17.1. The number of hydrogen-bond donors (Lipinski definition) is 2. The lowest BCUT2D eigenvalue weighted by molar-refractivity contribution is -0.125. The van der Waals surface area contributed by atoms with Crippen molar-refractivity contribution in [2.45, 2.75) is 0 Å². The largest absolute Gasteiger partial charge is 0.377 e. The van der Waals surface area contributed by atoms with Crippen LogP contribution < -0.4 is 10.6 Å². The molecule has 0 heterocycles. The Kier molecular flexibility index (Phi) is 16.2. The summed E-state index contributed by atoms with van der Waals surface area (Å²) in [6.07, 6.45) is 0. The summed E-state index contributed by atoms with van der Waals surface area (Å²) in [5, 5.41) is 5.29. The Morgan fingerprint density at radius 2 is 1.00 bits per heavy atom. The van der Waals surface area contributed by atoms with Gasteiger partial charge in [0, 0.05) is 27.3 Å². The number of nitrogens with one attached hydrogen (secondary N) is 2. The first-order valence-corrected chi connectivity index (χ1v) is 7.45. The molecule has 0 rings (SSSR count). The molecule has 9 heteroatoms. The van der Waals surface area contributed by atoms with Crippen LogP contribution in [0.3, 0.4) is 0 Å². The highest BCUT2D eigenvalue weighted by Crippen LogP contribution is 1.81. The standard InChI is InChI=1S/C14H28N2O7/c1-19-11-13(17)15-3-5-21-7-9-23-10-8-22-6-4-16-14(18)12-20-2/h3-12H2,1-2H3,(H,15,17)(H,16,18). The smallest absolute Gasteiger partial charge is 0.246 e. The maximum Gasteiger partial charge on any atom is 0.246 e. The molecule has 0 aliphatic rings. The Hall–Kier alpha value is -1.26. The van der Waals surface area contributed by atoms with Crippen LogP contribution in [0.15, 0.2) is 0 Å². The van der Waals surface area contributed by atoms with Crippen molar-refractivity contribution in [3.63, 3.8) is 0 Å². The van der Waals surface area contributed by atoms with Crippen LogP contribution >= 0.6 is 0 Å². The molecule has 0 fully saturated rings. The molecular weight excluding hydrogens is 308 g/mol. The Labute approximate surface area is 136 Å². The minimum absolute atomic E-state index is 0.0547. The van der Waals surface area contributed by atoms with Gasteiger partial charge in [-0.1, -0.05) is 0 Å². The van der Waals surface area contributed by atoms with E-state index in [1.165, 1.54) is 14.2 Å². The molecule has 0 radical (unpaired) electrons. The first-order chi connectivity index (χ1) is 11.2. The fourth-order valence-electron chi connectivity index (χ4n) is 1.43. The van der Waals surface area contributed by atoms with Crippen LogP contribution in [0.25, 0.3) is 0 Å². The number of methoxy groups -OCH3 is 2. The quantitative estimate of drug-likeness (QED) is 0.333. The lowest BCUT2D eigenvalue weighted by atomic mass is 10.6. The van der Waals surface area contributed by atoms with E-state index in [-0.39, 0.29) is 25.0 Å². The molecule has 0 unspecified atom stereocenters. The number of rotatable bonds is 16. The van der Waals surface area contributed by atoms with Gasteiger partial charge < -0.3 is 34.3 Å². The summed E-state index contributed by atoms with van der Waals surface area (Å²) in [6, 6.07) is 0. The van der Waals surface area contributed by atoms with Crippen LogP contribution in [0.5, 0.6) is 0 Å². The number of amides is 2. The Bertz CT molecular complexity index is 275. The maximum atomic E-state index is 11.0. The Morgan fingerprint density at radius 1 is 0.652 bits per heavy atom. The summed E-state index contributed by atoms with van der Waals surface area (Å²) in [4.78, 5) is 22.1. The van der Waals surface area contributed by atoms with Crippen molar-refractivity contribution in [3.05, 3.63) is 0 Å². The summed E-state index contributed by atoms with van der Waals surface area (Å²) in [5.41, 5.74) is 0. The zero-order valence-corrected chi connectivity index (χ0v) is 13.9. The van der Waals surface area contributed by atoms with Crippen LogP contribution in [0.2, 0.25) is 0 Å². The molecule has 0 atom stereocenters. The molecule has 2 N–H and O–H groups in total. The van der Waals surface area contributed by atoms with Gasteiger partial charge in [0.1, 0.15) is 13.2 Å². The van der Waals surface area contributed by atoms with Crippen LogP contribution in [0.1, 0.15) is 0 Å². The second-order valence-electron chi connectivity index (χ2n) is 4.40. The highest BCUT2D eigenvalue weighted by molar-refractivity contribution is 5.77. The molecule has 2 amide bonds. The molecule has 0 saturated carbocycles. The summed E-state index contributed by atoms with van der Waals surface area (Å²) in [6.45, 7) is 3.67. The summed E-state index contributed by atoms with van der Waals surface area (Å²) in [5.74, 6) is -0.328. The molecular formula is C14H28N2O7. The minimum atomic E-state index is -0.164. The van der Waals surface area contributed by atoms with Gasteiger partial charge >= 0.3 is 0 Å². The molecule has 0 aromatic carbocycles. The number of hydrogen-bond acceptors (Lipinski definition) is 7. The first-order valence-electron chi connectivity index (χ1n) is 7.45. The molecule has 0 bridgehead atoms. The SMILES string of the molecule is COCC(=O)NCCOCCOCCOCCNC(=O)COC. The third-order valence-electron chi connectivity index (χ3n) is 2.43. The zero-order valence-electron chi connectivity index (χ0n) is 13.9. The normalized spacial score (nSPS) is 10.5. The van der Waals surface area contributed by atoms with Gasteiger partial charge in [0.15, 0.2) is 0 Å². The Balaban J connectivity index is 3.11. The summed E-state index contributed by atoms with van der Waals surface area (Å²) < 4.78 is 25.2. The van der Waals surface area contributed by atoms with Gasteiger partial charge in [0.05, 0.1) is 39.6 Å². The average Bonchev–Trinajstić information content (AvgIpc) is 2.52. The molecule has 0 aromatic rings. The maximum absolute atomic E-state index is 11.0. The third kappa shape index (κ3) is 16.9. The van der Waals surface area contributed by atoms with E-state index in [4.69, 9.17) is 14.2 Å². The number of carbonyl (C=O) groups excluding carboxylic acids is 2. The zero-order chi connectivity index (χ0) is 17.2.